The van der Waals surface area contributed by atoms with Gasteiger partial charge in [-0.2, -0.15) is 0 Å². The van der Waals surface area contributed by atoms with Gasteiger partial charge in [-0.05, 0) is 38.5 Å². The number of nitrogens with zero attached hydrogens (tertiary/aromatic N) is 4. The average Bonchev–Trinajstić information content (AvgIpc) is 2.86. The van der Waals surface area contributed by atoms with Gasteiger partial charge in [0, 0.05) is 13.5 Å². The van der Waals surface area contributed by atoms with E-state index in [9.17, 15) is 24.0 Å². The number of amides is 2. The third-order valence-corrected chi connectivity index (χ3v) is 5.02. The van der Waals surface area contributed by atoms with Crippen molar-refractivity contribution in [1.82, 2.24) is 4.90 Å². The summed E-state index contributed by atoms with van der Waals surface area (Å²) in [6.45, 7) is 4.06. The monoisotopic (exact) mass is 494 g/mol. The number of hydrogen-bond acceptors (Lipinski definition) is 9. The summed E-state index contributed by atoms with van der Waals surface area (Å²) < 4.78 is 5.06. The highest BCUT2D eigenvalue weighted by molar-refractivity contribution is 5.91. The van der Waals surface area contributed by atoms with Gasteiger partial charge in [0.15, 0.2) is 0 Å². The molecule has 0 rings (SSSR count). The lowest BCUT2D eigenvalue weighted by atomic mass is 10.1. The maximum atomic E-state index is 11.9. The number of isocyanates is 3. The lowest BCUT2D eigenvalue weighted by molar-refractivity contribution is -0.128. The second-order valence-corrected chi connectivity index (χ2v) is 7.98. The molecule has 0 fully saturated rings. The Bertz CT molecular complexity index is 681. The van der Waals surface area contributed by atoms with E-state index in [2.05, 4.69) is 21.9 Å². The van der Waals surface area contributed by atoms with Crippen molar-refractivity contribution in [3.05, 3.63) is 0 Å². The van der Waals surface area contributed by atoms with Crippen LogP contribution in [0.25, 0.3) is 0 Å². The second-order valence-electron chi connectivity index (χ2n) is 7.98. The Hall–Kier alpha value is -2.92. The smallest absolute Gasteiger partial charge is 0.416 e. The molecule has 0 radical (unpaired) electrons. The Balaban J connectivity index is 0. The number of aliphatic imine (C=N–C) groups is 3. The lowest BCUT2D eigenvalue weighted by Gasteiger charge is -2.15. The normalized spacial score (nSPS) is 9.43. The maximum absolute atomic E-state index is 11.9. The number of rotatable bonds is 20. The van der Waals surface area contributed by atoms with E-state index < -0.39 is 6.09 Å². The van der Waals surface area contributed by atoms with Gasteiger partial charge in [-0.1, -0.05) is 51.9 Å². The van der Waals surface area contributed by atoms with Crippen LogP contribution in [0.1, 0.15) is 96.8 Å². The van der Waals surface area contributed by atoms with E-state index in [1.54, 1.807) is 0 Å². The molecule has 0 aliphatic heterocycles. The molecule has 0 unspecified atom stereocenters. The van der Waals surface area contributed by atoms with Crippen LogP contribution in [0.4, 0.5) is 4.79 Å². The van der Waals surface area contributed by atoms with Crippen LogP contribution in [-0.2, 0) is 23.9 Å². The summed E-state index contributed by atoms with van der Waals surface area (Å²) >= 11 is 0. The molecule has 35 heavy (non-hydrogen) atoms. The molecule has 0 aliphatic rings. The second kappa shape index (κ2) is 29.1. The van der Waals surface area contributed by atoms with Crippen molar-refractivity contribution >= 4 is 30.2 Å². The first kappa shape index (κ1) is 34.2. The lowest BCUT2D eigenvalue weighted by Crippen LogP contribution is -2.33. The summed E-state index contributed by atoms with van der Waals surface area (Å²) in [5.41, 5.74) is 0. The zero-order chi connectivity index (χ0) is 26.4. The first-order valence-electron chi connectivity index (χ1n) is 12.6. The van der Waals surface area contributed by atoms with Gasteiger partial charge in [0.1, 0.15) is 0 Å². The Kier molecular flexibility index (Phi) is 28.5. The molecule has 0 aromatic heterocycles. The van der Waals surface area contributed by atoms with Crippen molar-refractivity contribution in [1.29, 1.82) is 0 Å². The molecular weight excluding hydrogens is 452 g/mol. The van der Waals surface area contributed by atoms with E-state index in [1.165, 1.54) is 51.0 Å². The quantitative estimate of drug-likeness (QED) is 0.132. The molecule has 0 atom stereocenters. The largest absolute Gasteiger partial charge is 0.449 e. The summed E-state index contributed by atoms with van der Waals surface area (Å²) in [6, 6.07) is 0. The molecule has 0 saturated carbocycles. The molecule has 198 valence electrons. The van der Waals surface area contributed by atoms with Gasteiger partial charge in [0.25, 0.3) is 0 Å². The summed E-state index contributed by atoms with van der Waals surface area (Å²) in [7, 11) is 1.42. The zero-order valence-electron chi connectivity index (χ0n) is 21.5. The van der Waals surface area contributed by atoms with Gasteiger partial charge < -0.3 is 4.74 Å². The standard InChI is InChI=1S/C17H27N3O5.C8H15NO/c1-20(16(23)10-6-2-3-7-11-18-14-21)17(24)25-13-9-5-4-8-12-19-15-22;1-2-3-4-5-6-7-9-8-10/h2-13H2,1H3;2-7H2,1H3. The van der Waals surface area contributed by atoms with Crippen molar-refractivity contribution < 1.29 is 28.7 Å². The van der Waals surface area contributed by atoms with Crippen LogP contribution in [-0.4, -0.2) is 68.4 Å². The van der Waals surface area contributed by atoms with Crippen molar-refractivity contribution in [3.8, 4) is 0 Å². The van der Waals surface area contributed by atoms with Crippen molar-refractivity contribution in [3.63, 3.8) is 0 Å². The highest BCUT2D eigenvalue weighted by atomic mass is 16.6. The van der Waals surface area contributed by atoms with Crippen molar-refractivity contribution in [2.75, 3.05) is 33.3 Å². The van der Waals surface area contributed by atoms with Crippen molar-refractivity contribution in [2.24, 2.45) is 15.0 Å². The zero-order valence-corrected chi connectivity index (χ0v) is 21.5. The number of carbonyl (C=O) groups excluding carboxylic acids is 5. The molecule has 0 aromatic carbocycles. The van der Waals surface area contributed by atoms with E-state index in [1.807, 2.05) is 0 Å². The molecule has 0 N–H and O–H groups in total. The van der Waals surface area contributed by atoms with E-state index in [0.29, 0.717) is 38.9 Å². The Morgan fingerprint density at radius 2 is 1.09 bits per heavy atom. The molecule has 0 saturated heterocycles. The molecule has 0 aliphatic carbocycles. The van der Waals surface area contributed by atoms with E-state index in [0.717, 1.165) is 49.8 Å². The third-order valence-electron chi connectivity index (χ3n) is 5.02. The SMILES string of the molecule is CCCCCCCN=C=O.CN(C(=O)CCCCCCN=C=O)C(=O)OCCCCCCN=C=O. The molecule has 2 amide bonds. The summed E-state index contributed by atoms with van der Waals surface area (Å²) in [5.74, 6) is -0.261. The van der Waals surface area contributed by atoms with Crippen LogP contribution in [0.15, 0.2) is 15.0 Å². The third kappa shape index (κ3) is 27.2. The summed E-state index contributed by atoms with van der Waals surface area (Å²) in [5, 5.41) is 0. The van der Waals surface area contributed by atoms with Crippen molar-refractivity contribution in [2.45, 2.75) is 96.8 Å². The minimum atomic E-state index is -0.629. The van der Waals surface area contributed by atoms with Gasteiger partial charge in [0.2, 0.25) is 24.1 Å². The van der Waals surface area contributed by atoms with Gasteiger partial charge in [-0.15, -0.1) is 0 Å². The maximum Gasteiger partial charge on any atom is 0.416 e. The van der Waals surface area contributed by atoms with Gasteiger partial charge in [0.05, 0.1) is 26.2 Å². The first-order chi connectivity index (χ1) is 17.0. The highest BCUT2D eigenvalue weighted by Crippen LogP contribution is 2.07. The molecule has 10 nitrogen and oxygen atoms in total. The number of imide groups is 1. The minimum Gasteiger partial charge on any atom is -0.449 e. The average molecular weight is 495 g/mol. The van der Waals surface area contributed by atoms with E-state index in [4.69, 9.17) is 4.74 Å². The Labute approximate surface area is 209 Å². The number of carbonyl (C=O) groups is 2. The summed E-state index contributed by atoms with van der Waals surface area (Å²) in [4.78, 5) is 64.4. The van der Waals surface area contributed by atoms with Gasteiger partial charge in [-0.25, -0.2) is 34.2 Å². The molecule has 0 aromatic rings. The topological polar surface area (TPSA) is 135 Å². The van der Waals surface area contributed by atoms with Gasteiger partial charge in [-0.3, -0.25) is 9.69 Å². The van der Waals surface area contributed by atoms with E-state index in [-0.39, 0.29) is 12.5 Å². The van der Waals surface area contributed by atoms with E-state index >= 15 is 0 Å². The number of unbranched alkanes of at least 4 members (excludes halogenated alkanes) is 10. The van der Waals surface area contributed by atoms with Crippen LogP contribution in [0, 0.1) is 0 Å². The molecular formula is C25H42N4O6. The predicted molar refractivity (Wildman–Crippen MR) is 133 cm³/mol. The van der Waals surface area contributed by atoms with Gasteiger partial charge >= 0.3 is 6.09 Å². The Morgan fingerprint density at radius 1 is 0.657 bits per heavy atom. The first-order valence-corrected chi connectivity index (χ1v) is 12.6. The highest BCUT2D eigenvalue weighted by Gasteiger charge is 2.17. The molecule has 0 heterocycles. The summed E-state index contributed by atoms with van der Waals surface area (Å²) in [6.07, 6.45) is 16.7. The Morgan fingerprint density at radius 3 is 1.54 bits per heavy atom. The van der Waals surface area contributed by atoms with Crippen LogP contribution < -0.4 is 0 Å². The van der Waals surface area contributed by atoms with Crippen LogP contribution in [0.5, 0.6) is 0 Å². The minimum absolute atomic E-state index is 0.261. The van der Waals surface area contributed by atoms with Crippen LogP contribution in [0.2, 0.25) is 0 Å². The fraction of sp³-hybridized carbons (Fsp3) is 0.800. The fourth-order valence-corrected chi connectivity index (χ4v) is 2.92. The van der Waals surface area contributed by atoms with Crippen LogP contribution >= 0.6 is 0 Å². The number of ether oxygens (including phenoxy) is 1. The predicted octanol–water partition coefficient (Wildman–Crippen LogP) is 5.06. The fourth-order valence-electron chi connectivity index (χ4n) is 2.92. The molecule has 0 bridgehead atoms. The number of hydrogen-bond donors (Lipinski definition) is 0. The molecule has 0 spiro atoms. The van der Waals surface area contributed by atoms with Crippen LogP contribution in [0.3, 0.4) is 0 Å². The molecule has 10 heteroatoms.